The Hall–Kier alpha value is -2.15. The van der Waals surface area contributed by atoms with E-state index in [1.807, 2.05) is 24.3 Å². The van der Waals surface area contributed by atoms with Gasteiger partial charge in [-0.15, -0.1) is 0 Å². The third-order valence-electron chi connectivity index (χ3n) is 3.85. The van der Waals surface area contributed by atoms with Crippen molar-refractivity contribution < 1.29 is 19.1 Å². The Balaban J connectivity index is 1.77. The van der Waals surface area contributed by atoms with E-state index in [-0.39, 0.29) is 6.04 Å². The van der Waals surface area contributed by atoms with E-state index in [2.05, 4.69) is 26.6 Å². The van der Waals surface area contributed by atoms with Crippen LogP contribution in [-0.4, -0.2) is 30.1 Å². The number of rotatable bonds is 5. The molecule has 25 heavy (non-hydrogen) atoms. The number of hydrogen-bond donors (Lipinski definition) is 2. The molecule has 0 heterocycles. The van der Waals surface area contributed by atoms with E-state index in [1.165, 1.54) is 13.0 Å². The Labute approximate surface area is 155 Å². The van der Waals surface area contributed by atoms with Crippen LogP contribution in [0, 0.1) is 0 Å². The first-order valence-electron chi connectivity index (χ1n) is 8.19. The summed E-state index contributed by atoms with van der Waals surface area (Å²) in [6.45, 7) is 1.42. The van der Waals surface area contributed by atoms with Crippen LogP contribution >= 0.6 is 15.9 Å². The molecule has 1 aliphatic carbocycles. The first-order valence-corrected chi connectivity index (χ1v) is 8.99. The molecule has 0 radical (unpaired) electrons. The van der Waals surface area contributed by atoms with Crippen molar-refractivity contribution in [3.8, 4) is 0 Å². The summed E-state index contributed by atoms with van der Waals surface area (Å²) in [6.07, 6.45) is 5.77. The largest absolute Gasteiger partial charge is 0.449 e. The highest BCUT2D eigenvalue weighted by molar-refractivity contribution is 9.10. The van der Waals surface area contributed by atoms with Gasteiger partial charge in [0.2, 0.25) is 0 Å². The molecule has 1 fully saturated rings. The first-order chi connectivity index (χ1) is 11.9. The Morgan fingerprint density at radius 3 is 2.68 bits per heavy atom. The van der Waals surface area contributed by atoms with E-state index in [9.17, 15) is 14.4 Å². The molecule has 0 bridgehead atoms. The summed E-state index contributed by atoms with van der Waals surface area (Å²) in [6, 6.07) is 6.95. The molecular weight excluding hydrogens is 388 g/mol. The summed E-state index contributed by atoms with van der Waals surface area (Å²) >= 11 is 3.34. The number of urea groups is 1. The fourth-order valence-corrected chi connectivity index (χ4v) is 2.96. The summed E-state index contributed by atoms with van der Waals surface area (Å²) in [7, 11) is 0. The second-order valence-corrected chi connectivity index (χ2v) is 6.83. The fourth-order valence-electron chi connectivity index (χ4n) is 2.55. The van der Waals surface area contributed by atoms with Crippen molar-refractivity contribution in [3.05, 3.63) is 40.4 Å². The Bertz CT molecular complexity index is 669. The van der Waals surface area contributed by atoms with Crippen molar-refractivity contribution in [2.24, 2.45) is 0 Å². The number of carbonyl (C=O) groups is 3. The zero-order valence-electron chi connectivity index (χ0n) is 14.0. The van der Waals surface area contributed by atoms with Crippen LogP contribution in [0.15, 0.2) is 34.8 Å². The SMILES string of the molecule is C[C@@H](OC(=O)/C=C/c1cccc(Br)c1)C(=O)NC(=O)NC1CCCC1. The van der Waals surface area contributed by atoms with Crippen molar-refractivity contribution in [1.82, 2.24) is 10.6 Å². The van der Waals surface area contributed by atoms with E-state index < -0.39 is 24.0 Å². The van der Waals surface area contributed by atoms with Crippen LogP contribution in [0.2, 0.25) is 0 Å². The minimum absolute atomic E-state index is 0.110. The van der Waals surface area contributed by atoms with Crippen molar-refractivity contribution >= 4 is 39.9 Å². The van der Waals surface area contributed by atoms with Gasteiger partial charge in [0.15, 0.2) is 6.10 Å². The van der Waals surface area contributed by atoms with Gasteiger partial charge in [0.25, 0.3) is 5.91 Å². The number of esters is 1. The fraction of sp³-hybridized carbons (Fsp3) is 0.389. The zero-order valence-corrected chi connectivity index (χ0v) is 15.5. The van der Waals surface area contributed by atoms with Gasteiger partial charge in [0, 0.05) is 16.6 Å². The van der Waals surface area contributed by atoms with Crippen molar-refractivity contribution in [2.75, 3.05) is 0 Å². The first kappa shape index (κ1) is 19.2. The molecule has 0 saturated heterocycles. The van der Waals surface area contributed by atoms with Gasteiger partial charge in [-0.1, -0.05) is 40.9 Å². The third-order valence-corrected chi connectivity index (χ3v) is 4.34. The molecule has 134 valence electrons. The highest BCUT2D eigenvalue weighted by Gasteiger charge is 2.22. The monoisotopic (exact) mass is 408 g/mol. The van der Waals surface area contributed by atoms with E-state index >= 15 is 0 Å². The average molecular weight is 409 g/mol. The van der Waals surface area contributed by atoms with Crippen LogP contribution in [-0.2, 0) is 14.3 Å². The van der Waals surface area contributed by atoms with E-state index in [1.54, 1.807) is 6.08 Å². The second kappa shape index (κ2) is 9.36. The lowest BCUT2D eigenvalue weighted by molar-refractivity contribution is -0.149. The second-order valence-electron chi connectivity index (χ2n) is 5.91. The van der Waals surface area contributed by atoms with Crippen LogP contribution in [0.1, 0.15) is 38.2 Å². The summed E-state index contributed by atoms with van der Waals surface area (Å²) in [5.74, 6) is -1.31. The Morgan fingerprint density at radius 2 is 2.00 bits per heavy atom. The van der Waals surface area contributed by atoms with Crippen LogP contribution in [0.25, 0.3) is 6.08 Å². The maximum atomic E-state index is 11.9. The van der Waals surface area contributed by atoms with Crippen LogP contribution in [0.4, 0.5) is 4.79 Å². The van der Waals surface area contributed by atoms with Crippen molar-refractivity contribution in [2.45, 2.75) is 44.8 Å². The minimum Gasteiger partial charge on any atom is -0.449 e. The van der Waals surface area contributed by atoms with Crippen molar-refractivity contribution in [1.29, 1.82) is 0 Å². The quantitative estimate of drug-likeness (QED) is 0.578. The molecule has 1 aromatic carbocycles. The Kier molecular flexibility index (Phi) is 7.18. The molecule has 0 spiro atoms. The maximum absolute atomic E-state index is 11.9. The molecule has 7 heteroatoms. The van der Waals surface area contributed by atoms with Gasteiger partial charge in [-0.25, -0.2) is 9.59 Å². The summed E-state index contributed by atoms with van der Waals surface area (Å²) in [4.78, 5) is 35.4. The molecule has 0 aromatic heterocycles. The van der Waals surface area contributed by atoms with Gasteiger partial charge >= 0.3 is 12.0 Å². The summed E-state index contributed by atoms with van der Waals surface area (Å²) < 4.78 is 5.90. The predicted molar refractivity (Wildman–Crippen MR) is 97.7 cm³/mol. The van der Waals surface area contributed by atoms with Gasteiger partial charge in [-0.2, -0.15) is 0 Å². The number of carbonyl (C=O) groups excluding carboxylic acids is 3. The molecule has 6 nitrogen and oxygen atoms in total. The number of nitrogens with one attached hydrogen (secondary N) is 2. The molecule has 3 amide bonds. The van der Waals surface area contributed by atoms with Crippen molar-refractivity contribution in [3.63, 3.8) is 0 Å². The topological polar surface area (TPSA) is 84.5 Å². The number of halogens is 1. The molecule has 0 aliphatic heterocycles. The average Bonchev–Trinajstić information content (AvgIpc) is 3.05. The normalized spacial score (nSPS) is 15.8. The lowest BCUT2D eigenvalue weighted by Gasteiger charge is -2.15. The molecule has 2 N–H and O–H groups in total. The number of hydrogen-bond acceptors (Lipinski definition) is 4. The van der Waals surface area contributed by atoms with Crippen LogP contribution < -0.4 is 10.6 Å². The number of benzene rings is 1. The molecule has 1 saturated carbocycles. The third kappa shape index (κ3) is 6.70. The highest BCUT2D eigenvalue weighted by atomic mass is 79.9. The molecule has 0 unspecified atom stereocenters. The maximum Gasteiger partial charge on any atom is 0.331 e. The standard InChI is InChI=1S/C18H21BrN2O4/c1-12(17(23)21-18(24)20-15-7-2-3-8-15)25-16(22)10-9-13-5-4-6-14(19)11-13/h4-6,9-12,15H,2-3,7-8H2,1H3,(H2,20,21,23,24)/b10-9+/t12-/m1/s1. The van der Waals surface area contributed by atoms with E-state index in [4.69, 9.17) is 4.74 Å². The Morgan fingerprint density at radius 1 is 1.28 bits per heavy atom. The zero-order chi connectivity index (χ0) is 18.2. The number of imide groups is 1. The summed E-state index contributed by atoms with van der Waals surface area (Å²) in [5, 5.41) is 4.94. The number of ether oxygens (including phenoxy) is 1. The lowest BCUT2D eigenvalue weighted by Crippen LogP contribution is -2.47. The lowest BCUT2D eigenvalue weighted by atomic mass is 10.2. The van der Waals surface area contributed by atoms with Gasteiger partial charge < -0.3 is 10.1 Å². The molecule has 1 atom stereocenters. The van der Waals surface area contributed by atoms with E-state index in [0.29, 0.717) is 0 Å². The minimum atomic E-state index is -1.06. The number of amides is 3. The molecule has 1 aliphatic rings. The molecule has 1 aromatic rings. The van der Waals surface area contributed by atoms with Crippen LogP contribution in [0.5, 0.6) is 0 Å². The van der Waals surface area contributed by atoms with Gasteiger partial charge in [-0.3, -0.25) is 10.1 Å². The van der Waals surface area contributed by atoms with E-state index in [0.717, 1.165) is 35.7 Å². The molecule has 2 rings (SSSR count). The smallest absolute Gasteiger partial charge is 0.331 e. The predicted octanol–water partition coefficient (Wildman–Crippen LogP) is 3.16. The van der Waals surface area contributed by atoms with Crippen LogP contribution in [0.3, 0.4) is 0 Å². The highest BCUT2D eigenvalue weighted by Crippen LogP contribution is 2.17. The summed E-state index contributed by atoms with van der Waals surface area (Å²) in [5.41, 5.74) is 0.819. The van der Waals surface area contributed by atoms with Gasteiger partial charge in [-0.05, 0) is 43.5 Å². The van der Waals surface area contributed by atoms with Gasteiger partial charge in [0.1, 0.15) is 0 Å². The molecular formula is C18H21BrN2O4. The van der Waals surface area contributed by atoms with Gasteiger partial charge in [0.05, 0.1) is 0 Å².